The van der Waals surface area contributed by atoms with Crippen LogP contribution in [0.25, 0.3) is 0 Å². The SMILES string of the molecule is C[C@H](Cc1cccnc1)NC(=O)CCNC(=O)c1ccccc1F. The van der Waals surface area contributed by atoms with E-state index in [1.54, 1.807) is 18.5 Å². The first kappa shape index (κ1) is 17.6. The number of benzene rings is 1. The first-order valence-corrected chi connectivity index (χ1v) is 7.77. The number of carbonyl (C=O) groups is 2. The molecule has 0 aliphatic rings. The average Bonchev–Trinajstić information content (AvgIpc) is 2.55. The number of nitrogens with zero attached hydrogens (tertiary/aromatic N) is 1. The molecule has 1 atom stereocenters. The maximum Gasteiger partial charge on any atom is 0.254 e. The second-order valence-electron chi connectivity index (χ2n) is 5.52. The van der Waals surface area contributed by atoms with Gasteiger partial charge in [0.15, 0.2) is 0 Å². The van der Waals surface area contributed by atoms with Gasteiger partial charge in [-0.3, -0.25) is 14.6 Å². The summed E-state index contributed by atoms with van der Waals surface area (Å²) in [6.45, 7) is 2.06. The Morgan fingerprint density at radius 3 is 2.71 bits per heavy atom. The van der Waals surface area contributed by atoms with Crippen molar-refractivity contribution in [2.45, 2.75) is 25.8 Å². The lowest BCUT2D eigenvalue weighted by Crippen LogP contribution is -2.36. The predicted octanol–water partition coefficient (Wildman–Crippen LogP) is 2.09. The average molecular weight is 329 g/mol. The van der Waals surface area contributed by atoms with E-state index in [1.165, 1.54) is 18.2 Å². The highest BCUT2D eigenvalue weighted by Crippen LogP contribution is 2.05. The molecule has 0 saturated carbocycles. The van der Waals surface area contributed by atoms with Gasteiger partial charge in [0.05, 0.1) is 5.56 Å². The molecule has 0 aliphatic carbocycles. The molecule has 1 heterocycles. The molecule has 0 radical (unpaired) electrons. The van der Waals surface area contributed by atoms with Gasteiger partial charge in [0.25, 0.3) is 5.91 Å². The minimum absolute atomic E-state index is 0.0251. The van der Waals surface area contributed by atoms with E-state index in [1.807, 2.05) is 19.1 Å². The van der Waals surface area contributed by atoms with Crippen LogP contribution >= 0.6 is 0 Å². The minimum atomic E-state index is -0.579. The maximum absolute atomic E-state index is 13.5. The number of amides is 2. The van der Waals surface area contributed by atoms with Crippen LogP contribution in [0.4, 0.5) is 4.39 Å². The third-order valence-corrected chi connectivity index (χ3v) is 3.43. The number of rotatable bonds is 7. The predicted molar refractivity (Wildman–Crippen MR) is 88.9 cm³/mol. The zero-order valence-electron chi connectivity index (χ0n) is 13.5. The van der Waals surface area contributed by atoms with E-state index in [-0.39, 0.29) is 30.5 Å². The fraction of sp³-hybridized carbons (Fsp3) is 0.278. The molecule has 0 bridgehead atoms. The minimum Gasteiger partial charge on any atom is -0.353 e. The molecule has 126 valence electrons. The summed E-state index contributed by atoms with van der Waals surface area (Å²) >= 11 is 0. The Morgan fingerprint density at radius 2 is 2.00 bits per heavy atom. The molecule has 1 aromatic heterocycles. The zero-order valence-corrected chi connectivity index (χ0v) is 13.5. The van der Waals surface area contributed by atoms with Crippen LogP contribution < -0.4 is 10.6 Å². The molecule has 0 spiro atoms. The standard InChI is InChI=1S/C18H20FN3O2/c1-13(11-14-5-4-9-20-12-14)22-17(23)8-10-21-18(24)15-6-2-3-7-16(15)19/h2-7,9,12-13H,8,10-11H2,1H3,(H,21,24)(H,22,23)/t13-/m1/s1. The highest BCUT2D eigenvalue weighted by Gasteiger charge is 2.12. The van der Waals surface area contributed by atoms with Crippen molar-refractivity contribution < 1.29 is 14.0 Å². The van der Waals surface area contributed by atoms with Crippen molar-refractivity contribution in [3.63, 3.8) is 0 Å². The van der Waals surface area contributed by atoms with E-state index in [0.29, 0.717) is 6.42 Å². The summed E-state index contributed by atoms with van der Waals surface area (Å²) in [7, 11) is 0. The van der Waals surface area contributed by atoms with Gasteiger partial charge in [-0.15, -0.1) is 0 Å². The normalized spacial score (nSPS) is 11.6. The number of halogens is 1. The van der Waals surface area contributed by atoms with Gasteiger partial charge in [0.1, 0.15) is 5.82 Å². The van der Waals surface area contributed by atoms with E-state index in [0.717, 1.165) is 5.56 Å². The largest absolute Gasteiger partial charge is 0.353 e. The zero-order chi connectivity index (χ0) is 17.4. The first-order chi connectivity index (χ1) is 11.6. The van der Waals surface area contributed by atoms with Crippen LogP contribution in [0.5, 0.6) is 0 Å². The van der Waals surface area contributed by atoms with Crippen LogP contribution in [0.1, 0.15) is 29.3 Å². The third-order valence-electron chi connectivity index (χ3n) is 3.43. The lowest BCUT2D eigenvalue weighted by atomic mass is 10.1. The molecule has 24 heavy (non-hydrogen) atoms. The second kappa shape index (κ2) is 8.76. The number of nitrogens with one attached hydrogen (secondary N) is 2. The molecule has 0 saturated heterocycles. The molecule has 6 heteroatoms. The Labute approximate surface area is 140 Å². The summed E-state index contributed by atoms with van der Waals surface area (Å²) in [5.41, 5.74) is 1.01. The molecule has 0 aliphatic heterocycles. The van der Waals surface area contributed by atoms with Crippen molar-refractivity contribution in [3.8, 4) is 0 Å². The van der Waals surface area contributed by atoms with Crippen molar-refractivity contribution >= 4 is 11.8 Å². The lowest BCUT2D eigenvalue weighted by molar-refractivity contribution is -0.121. The Balaban J connectivity index is 1.71. The number of carbonyl (C=O) groups excluding carboxylic acids is 2. The van der Waals surface area contributed by atoms with Crippen molar-refractivity contribution in [1.82, 2.24) is 15.6 Å². The number of pyridine rings is 1. The van der Waals surface area contributed by atoms with Crippen molar-refractivity contribution in [2.24, 2.45) is 0 Å². The van der Waals surface area contributed by atoms with Gasteiger partial charge < -0.3 is 10.6 Å². The van der Waals surface area contributed by atoms with Crippen molar-refractivity contribution in [1.29, 1.82) is 0 Å². The van der Waals surface area contributed by atoms with Gasteiger partial charge in [-0.05, 0) is 37.1 Å². The number of aromatic nitrogens is 1. The van der Waals surface area contributed by atoms with E-state index >= 15 is 0 Å². The third kappa shape index (κ3) is 5.46. The quantitative estimate of drug-likeness (QED) is 0.817. The molecular weight excluding hydrogens is 309 g/mol. The van der Waals surface area contributed by atoms with Gasteiger partial charge >= 0.3 is 0 Å². The molecule has 0 unspecified atom stereocenters. The Morgan fingerprint density at radius 1 is 1.21 bits per heavy atom. The summed E-state index contributed by atoms with van der Waals surface area (Å²) in [6, 6.07) is 9.49. The van der Waals surface area contributed by atoms with E-state index < -0.39 is 11.7 Å². The molecule has 2 rings (SSSR count). The molecule has 2 amide bonds. The summed E-state index contributed by atoms with van der Waals surface area (Å²) in [6.07, 6.45) is 4.28. The summed E-state index contributed by atoms with van der Waals surface area (Å²) in [5, 5.41) is 5.41. The van der Waals surface area contributed by atoms with Crippen LogP contribution in [0.3, 0.4) is 0 Å². The molecule has 2 aromatic rings. The fourth-order valence-corrected chi connectivity index (χ4v) is 2.30. The van der Waals surface area contributed by atoms with Gasteiger partial charge in [-0.25, -0.2) is 4.39 Å². The van der Waals surface area contributed by atoms with Gasteiger partial charge in [0, 0.05) is 31.4 Å². The Bertz CT molecular complexity index is 692. The fourth-order valence-electron chi connectivity index (χ4n) is 2.30. The van der Waals surface area contributed by atoms with Crippen molar-refractivity contribution in [3.05, 3.63) is 65.7 Å². The smallest absolute Gasteiger partial charge is 0.254 e. The topological polar surface area (TPSA) is 71.1 Å². The summed E-state index contributed by atoms with van der Waals surface area (Å²) in [4.78, 5) is 27.7. The van der Waals surface area contributed by atoms with Crippen LogP contribution in [0, 0.1) is 5.82 Å². The lowest BCUT2D eigenvalue weighted by Gasteiger charge is -2.14. The van der Waals surface area contributed by atoms with Gasteiger partial charge in [0.2, 0.25) is 5.91 Å². The Kier molecular flexibility index (Phi) is 6.42. The second-order valence-corrected chi connectivity index (χ2v) is 5.52. The van der Waals surface area contributed by atoms with Crippen LogP contribution in [-0.4, -0.2) is 29.4 Å². The highest BCUT2D eigenvalue weighted by atomic mass is 19.1. The van der Waals surface area contributed by atoms with Crippen LogP contribution in [0.2, 0.25) is 0 Å². The monoisotopic (exact) mass is 329 g/mol. The molecule has 2 N–H and O–H groups in total. The van der Waals surface area contributed by atoms with Crippen LogP contribution in [0.15, 0.2) is 48.8 Å². The number of hydrogen-bond acceptors (Lipinski definition) is 3. The van der Waals surface area contributed by atoms with E-state index in [2.05, 4.69) is 15.6 Å². The summed E-state index contributed by atoms with van der Waals surface area (Å²) < 4.78 is 13.5. The maximum atomic E-state index is 13.5. The van der Waals surface area contributed by atoms with E-state index in [9.17, 15) is 14.0 Å². The molecular formula is C18H20FN3O2. The number of hydrogen-bond donors (Lipinski definition) is 2. The summed E-state index contributed by atoms with van der Waals surface area (Å²) in [5.74, 6) is -1.27. The molecule has 0 fully saturated rings. The first-order valence-electron chi connectivity index (χ1n) is 7.77. The highest BCUT2D eigenvalue weighted by molar-refractivity contribution is 5.94. The van der Waals surface area contributed by atoms with Gasteiger partial charge in [-0.1, -0.05) is 18.2 Å². The van der Waals surface area contributed by atoms with E-state index in [4.69, 9.17) is 0 Å². The van der Waals surface area contributed by atoms with Crippen LogP contribution in [-0.2, 0) is 11.2 Å². The molecule has 5 nitrogen and oxygen atoms in total. The molecule has 1 aromatic carbocycles. The van der Waals surface area contributed by atoms with Gasteiger partial charge in [-0.2, -0.15) is 0 Å². The van der Waals surface area contributed by atoms with Crippen molar-refractivity contribution in [2.75, 3.05) is 6.54 Å². The Hall–Kier alpha value is -2.76.